The zero-order chi connectivity index (χ0) is 21.3. The molecule has 1 aromatic heterocycles. The van der Waals surface area contributed by atoms with Crippen LogP contribution < -0.4 is 9.64 Å². The highest BCUT2D eigenvalue weighted by molar-refractivity contribution is 5.97. The quantitative estimate of drug-likeness (QED) is 0.583. The van der Waals surface area contributed by atoms with Crippen LogP contribution >= 0.6 is 0 Å². The standard InChI is InChI=1S/C24H27N3O3/c1-15(2)14-29-20-10-8-18(9-11-20)23-25-24(30-26-23)19-12-21(28)27(13-19)22-16(3)6-5-7-17(22)4/h5-11,15,19H,12-14H2,1-4H3. The lowest BCUT2D eigenvalue weighted by atomic mass is 10.1. The fraction of sp³-hybridized carbons (Fsp3) is 0.375. The van der Waals surface area contributed by atoms with Gasteiger partial charge in [0, 0.05) is 24.2 Å². The van der Waals surface area contributed by atoms with Gasteiger partial charge >= 0.3 is 0 Å². The maximum atomic E-state index is 12.7. The molecule has 0 radical (unpaired) electrons. The van der Waals surface area contributed by atoms with Gasteiger partial charge in [-0.15, -0.1) is 0 Å². The number of hydrogen-bond donors (Lipinski definition) is 0. The molecular formula is C24H27N3O3. The Hall–Kier alpha value is -3.15. The number of carbonyl (C=O) groups excluding carboxylic acids is 1. The summed E-state index contributed by atoms with van der Waals surface area (Å²) in [5.41, 5.74) is 4.03. The molecule has 1 saturated heterocycles. The highest BCUT2D eigenvalue weighted by atomic mass is 16.5. The summed E-state index contributed by atoms with van der Waals surface area (Å²) in [4.78, 5) is 19.1. The van der Waals surface area contributed by atoms with Crippen LogP contribution in [0, 0.1) is 19.8 Å². The predicted molar refractivity (Wildman–Crippen MR) is 116 cm³/mol. The maximum absolute atomic E-state index is 12.7. The number of rotatable bonds is 6. The number of anilines is 1. The van der Waals surface area contributed by atoms with Crippen LogP contribution in [0.1, 0.15) is 43.2 Å². The smallest absolute Gasteiger partial charge is 0.232 e. The van der Waals surface area contributed by atoms with E-state index in [1.54, 1.807) is 0 Å². The highest BCUT2D eigenvalue weighted by Gasteiger charge is 2.36. The summed E-state index contributed by atoms with van der Waals surface area (Å²) in [7, 11) is 0. The molecule has 156 valence electrons. The Kier molecular flexibility index (Phi) is 5.57. The van der Waals surface area contributed by atoms with Crippen LogP contribution in [0.3, 0.4) is 0 Å². The molecule has 2 aromatic carbocycles. The molecular weight excluding hydrogens is 378 g/mol. The molecule has 1 unspecified atom stereocenters. The maximum Gasteiger partial charge on any atom is 0.232 e. The van der Waals surface area contributed by atoms with Gasteiger partial charge < -0.3 is 14.2 Å². The second kappa shape index (κ2) is 8.30. The van der Waals surface area contributed by atoms with Gasteiger partial charge in [0.05, 0.1) is 12.5 Å². The number of carbonyl (C=O) groups is 1. The second-order valence-corrected chi connectivity index (χ2v) is 8.33. The van der Waals surface area contributed by atoms with Gasteiger partial charge in [0.2, 0.25) is 17.6 Å². The Morgan fingerprint density at radius 3 is 2.50 bits per heavy atom. The predicted octanol–water partition coefficient (Wildman–Crippen LogP) is 4.91. The molecule has 0 bridgehead atoms. The number of hydrogen-bond acceptors (Lipinski definition) is 5. The van der Waals surface area contributed by atoms with E-state index in [1.165, 1.54) is 0 Å². The number of nitrogens with zero attached hydrogens (tertiary/aromatic N) is 3. The van der Waals surface area contributed by atoms with E-state index in [-0.39, 0.29) is 11.8 Å². The van der Waals surface area contributed by atoms with Gasteiger partial charge in [-0.2, -0.15) is 4.98 Å². The van der Waals surface area contributed by atoms with Crippen LogP contribution in [-0.2, 0) is 4.79 Å². The first kappa shape index (κ1) is 20.1. The molecule has 3 aromatic rings. The lowest BCUT2D eigenvalue weighted by molar-refractivity contribution is -0.117. The molecule has 0 N–H and O–H groups in total. The first-order valence-corrected chi connectivity index (χ1v) is 10.4. The van der Waals surface area contributed by atoms with E-state index in [2.05, 4.69) is 24.0 Å². The van der Waals surface area contributed by atoms with Crippen LogP contribution in [0.25, 0.3) is 11.4 Å². The Morgan fingerprint density at radius 1 is 1.13 bits per heavy atom. The van der Waals surface area contributed by atoms with E-state index in [9.17, 15) is 4.79 Å². The zero-order valence-corrected chi connectivity index (χ0v) is 17.9. The molecule has 1 fully saturated rings. The van der Waals surface area contributed by atoms with Gasteiger partial charge in [-0.1, -0.05) is 37.2 Å². The molecule has 6 nitrogen and oxygen atoms in total. The minimum absolute atomic E-state index is 0.0869. The third-order valence-corrected chi connectivity index (χ3v) is 5.32. The van der Waals surface area contributed by atoms with Crippen molar-refractivity contribution >= 4 is 11.6 Å². The summed E-state index contributed by atoms with van der Waals surface area (Å²) in [6, 6.07) is 13.7. The number of ether oxygens (including phenoxy) is 1. The fourth-order valence-electron chi connectivity index (χ4n) is 3.80. The minimum atomic E-state index is -0.105. The van der Waals surface area contributed by atoms with Crippen molar-refractivity contribution in [3.05, 3.63) is 59.5 Å². The van der Waals surface area contributed by atoms with Crippen LogP contribution in [0.5, 0.6) is 5.75 Å². The summed E-state index contributed by atoms with van der Waals surface area (Å²) in [6.07, 6.45) is 0.372. The van der Waals surface area contributed by atoms with Gasteiger partial charge in [0.1, 0.15) is 5.75 Å². The summed E-state index contributed by atoms with van der Waals surface area (Å²) in [5.74, 6) is 2.31. The molecule has 1 amide bonds. The summed E-state index contributed by atoms with van der Waals surface area (Å²) in [5, 5.41) is 4.14. The fourth-order valence-corrected chi connectivity index (χ4v) is 3.80. The van der Waals surface area contributed by atoms with E-state index in [0.717, 1.165) is 28.1 Å². The van der Waals surface area contributed by atoms with Crippen LogP contribution in [0.15, 0.2) is 47.0 Å². The average Bonchev–Trinajstić information content (AvgIpc) is 3.34. The van der Waals surface area contributed by atoms with Gasteiger partial charge in [-0.3, -0.25) is 4.79 Å². The van der Waals surface area contributed by atoms with Crippen molar-refractivity contribution < 1.29 is 14.1 Å². The SMILES string of the molecule is Cc1cccc(C)c1N1CC(c2nc(-c3ccc(OCC(C)C)cc3)no2)CC1=O. The van der Waals surface area contributed by atoms with Crippen molar-refractivity contribution in [1.29, 1.82) is 0 Å². The molecule has 4 rings (SSSR count). The van der Waals surface area contributed by atoms with Gasteiger partial charge in [-0.05, 0) is 55.2 Å². The Balaban J connectivity index is 1.49. The number of amides is 1. The monoisotopic (exact) mass is 405 g/mol. The molecule has 2 heterocycles. The van der Waals surface area contributed by atoms with Crippen LogP contribution in [0.2, 0.25) is 0 Å². The number of aryl methyl sites for hydroxylation is 2. The number of para-hydroxylation sites is 1. The lowest BCUT2D eigenvalue weighted by Crippen LogP contribution is -2.26. The Morgan fingerprint density at radius 2 is 1.83 bits per heavy atom. The number of aromatic nitrogens is 2. The molecule has 1 aliphatic heterocycles. The molecule has 0 spiro atoms. The van der Waals surface area contributed by atoms with E-state index in [4.69, 9.17) is 9.26 Å². The molecule has 30 heavy (non-hydrogen) atoms. The third kappa shape index (κ3) is 4.08. The van der Waals surface area contributed by atoms with Crippen molar-refractivity contribution in [2.45, 2.75) is 40.0 Å². The van der Waals surface area contributed by atoms with Gasteiger partial charge in [-0.25, -0.2) is 0 Å². The van der Waals surface area contributed by atoms with Crippen molar-refractivity contribution in [3.8, 4) is 17.1 Å². The largest absolute Gasteiger partial charge is 0.493 e. The molecule has 1 aliphatic rings. The summed E-state index contributed by atoms with van der Waals surface area (Å²) >= 11 is 0. The Bertz CT molecular complexity index is 1020. The van der Waals surface area contributed by atoms with Crippen molar-refractivity contribution in [2.75, 3.05) is 18.1 Å². The average molecular weight is 405 g/mol. The van der Waals surface area contributed by atoms with E-state index in [0.29, 0.717) is 37.2 Å². The van der Waals surface area contributed by atoms with E-state index < -0.39 is 0 Å². The second-order valence-electron chi connectivity index (χ2n) is 8.33. The van der Waals surface area contributed by atoms with Crippen molar-refractivity contribution in [3.63, 3.8) is 0 Å². The molecule has 0 saturated carbocycles. The molecule has 0 aliphatic carbocycles. The van der Waals surface area contributed by atoms with E-state index >= 15 is 0 Å². The highest BCUT2D eigenvalue weighted by Crippen LogP contribution is 2.35. The first-order valence-electron chi connectivity index (χ1n) is 10.4. The first-order chi connectivity index (χ1) is 14.4. The zero-order valence-electron chi connectivity index (χ0n) is 17.9. The summed E-state index contributed by atoms with van der Waals surface area (Å²) < 4.78 is 11.3. The van der Waals surface area contributed by atoms with Gasteiger partial charge in [0.25, 0.3) is 0 Å². The molecule has 6 heteroatoms. The number of benzene rings is 2. The normalized spacial score (nSPS) is 16.5. The summed E-state index contributed by atoms with van der Waals surface area (Å²) in [6.45, 7) is 9.52. The topological polar surface area (TPSA) is 68.5 Å². The minimum Gasteiger partial charge on any atom is -0.493 e. The van der Waals surface area contributed by atoms with E-state index in [1.807, 2.05) is 61.2 Å². The lowest BCUT2D eigenvalue weighted by Gasteiger charge is -2.21. The Labute approximate surface area is 176 Å². The van der Waals surface area contributed by atoms with Crippen LogP contribution in [-0.4, -0.2) is 29.2 Å². The van der Waals surface area contributed by atoms with Crippen molar-refractivity contribution in [2.24, 2.45) is 5.92 Å². The van der Waals surface area contributed by atoms with Gasteiger partial charge in [0.15, 0.2) is 0 Å². The van der Waals surface area contributed by atoms with Crippen molar-refractivity contribution in [1.82, 2.24) is 10.1 Å². The van der Waals surface area contributed by atoms with Crippen LogP contribution in [0.4, 0.5) is 5.69 Å². The third-order valence-electron chi connectivity index (χ3n) is 5.32. The molecule has 1 atom stereocenters.